The Morgan fingerprint density at radius 2 is 1.88 bits per heavy atom. The summed E-state index contributed by atoms with van der Waals surface area (Å²) in [6.45, 7) is 4.50. The molecule has 34 heavy (non-hydrogen) atoms. The number of aromatic nitrogens is 3. The first-order chi connectivity index (χ1) is 16.2. The van der Waals surface area contributed by atoms with E-state index in [0.717, 1.165) is 33.4 Å². The number of rotatable bonds is 6. The predicted octanol–water partition coefficient (Wildman–Crippen LogP) is 4.76. The maximum absolute atomic E-state index is 13.6. The lowest BCUT2D eigenvalue weighted by Crippen LogP contribution is -2.24. The number of benzene rings is 2. The summed E-state index contributed by atoms with van der Waals surface area (Å²) < 4.78 is 17.1. The average molecular weight is 478 g/mol. The summed E-state index contributed by atoms with van der Waals surface area (Å²) in [5.74, 6) is -0.778. The van der Waals surface area contributed by atoms with Crippen molar-refractivity contribution in [1.29, 1.82) is 5.41 Å². The maximum atomic E-state index is 13.6. The van der Waals surface area contributed by atoms with E-state index in [1.165, 1.54) is 12.3 Å². The minimum absolute atomic E-state index is 0.229. The second kappa shape index (κ2) is 9.65. The van der Waals surface area contributed by atoms with Crippen LogP contribution in [0.2, 0.25) is 5.02 Å². The van der Waals surface area contributed by atoms with E-state index >= 15 is 0 Å². The third kappa shape index (κ3) is 5.10. The molecule has 2 heterocycles. The van der Waals surface area contributed by atoms with Gasteiger partial charge in [-0.25, -0.2) is 4.98 Å². The normalized spacial score (nSPS) is 11.0. The van der Waals surface area contributed by atoms with Gasteiger partial charge in [-0.15, -0.1) is 0 Å². The first-order valence-corrected chi connectivity index (χ1v) is 11.1. The van der Waals surface area contributed by atoms with E-state index in [0.29, 0.717) is 29.3 Å². The second-order valence-electron chi connectivity index (χ2n) is 8.37. The number of nitrogens with zero attached hydrogens (tertiary/aromatic N) is 3. The number of pyridine rings is 1. The molecule has 0 aliphatic heterocycles. The zero-order chi connectivity index (χ0) is 24.4. The van der Waals surface area contributed by atoms with Crippen molar-refractivity contribution >= 4 is 17.5 Å². The van der Waals surface area contributed by atoms with E-state index in [9.17, 15) is 9.18 Å². The second-order valence-corrected chi connectivity index (χ2v) is 8.77. The molecule has 0 spiro atoms. The van der Waals surface area contributed by atoms with Crippen LogP contribution >= 0.6 is 11.6 Å². The number of hydrogen-bond donors (Lipinski definition) is 2. The van der Waals surface area contributed by atoms with Crippen LogP contribution in [-0.4, -0.2) is 20.0 Å². The van der Waals surface area contributed by atoms with Gasteiger partial charge in [-0.2, -0.15) is 4.39 Å². The number of carbonyl (C=O) groups excluding carboxylic acids is 1. The van der Waals surface area contributed by atoms with Crippen molar-refractivity contribution in [2.75, 3.05) is 0 Å². The summed E-state index contributed by atoms with van der Waals surface area (Å²) in [5.41, 5.74) is 5.79. The number of nitrogens with one attached hydrogen (secondary N) is 2. The Kier molecular flexibility index (Phi) is 6.65. The average Bonchev–Trinajstić information content (AvgIpc) is 3.11. The minimum atomic E-state index is -0.549. The molecule has 0 aliphatic rings. The largest absolute Gasteiger partial charge is 0.348 e. The molecule has 1 amide bonds. The molecule has 2 aromatic heterocycles. The summed E-state index contributed by atoms with van der Waals surface area (Å²) in [6, 6.07) is 12.6. The van der Waals surface area contributed by atoms with E-state index in [1.807, 2.05) is 56.6 Å². The molecule has 4 aromatic rings. The summed E-state index contributed by atoms with van der Waals surface area (Å²) in [5, 5.41) is 11.9. The highest BCUT2D eigenvalue weighted by atomic mass is 35.5. The molecule has 2 N–H and O–H groups in total. The number of aryl methyl sites for hydroxylation is 3. The summed E-state index contributed by atoms with van der Waals surface area (Å²) >= 11 is 6.10. The number of amides is 1. The van der Waals surface area contributed by atoms with Crippen molar-refractivity contribution in [2.24, 2.45) is 7.05 Å². The Morgan fingerprint density at radius 3 is 2.56 bits per heavy atom. The molecule has 6 nitrogen and oxygen atoms in total. The molecule has 8 heteroatoms. The van der Waals surface area contributed by atoms with E-state index < -0.39 is 5.95 Å². The maximum Gasteiger partial charge on any atom is 0.251 e. The van der Waals surface area contributed by atoms with Crippen LogP contribution in [0, 0.1) is 25.2 Å². The zero-order valence-corrected chi connectivity index (χ0v) is 19.9. The Morgan fingerprint density at radius 1 is 1.09 bits per heavy atom. The van der Waals surface area contributed by atoms with E-state index in [-0.39, 0.29) is 5.91 Å². The van der Waals surface area contributed by atoms with Crippen molar-refractivity contribution in [3.8, 4) is 11.1 Å². The highest BCUT2D eigenvalue weighted by Gasteiger charge is 2.13. The van der Waals surface area contributed by atoms with Crippen LogP contribution in [0.15, 0.2) is 61.1 Å². The van der Waals surface area contributed by atoms with E-state index in [4.69, 9.17) is 17.0 Å². The lowest BCUT2D eigenvalue weighted by atomic mass is 9.97. The van der Waals surface area contributed by atoms with Gasteiger partial charge in [0.2, 0.25) is 11.6 Å². The van der Waals surface area contributed by atoms with Gasteiger partial charge in [-0.1, -0.05) is 23.7 Å². The third-order valence-corrected chi connectivity index (χ3v) is 6.17. The van der Waals surface area contributed by atoms with Gasteiger partial charge < -0.3 is 14.5 Å². The molecule has 0 saturated heterocycles. The monoisotopic (exact) mass is 477 g/mol. The van der Waals surface area contributed by atoms with Crippen molar-refractivity contribution < 1.29 is 9.18 Å². The van der Waals surface area contributed by atoms with Gasteiger partial charge in [0.1, 0.15) is 0 Å². The molecule has 4 rings (SSSR count). The van der Waals surface area contributed by atoms with Gasteiger partial charge in [0, 0.05) is 48.3 Å². The molecular weight excluding hydrogens is 453 g/mol. The summed E-state index contributed by atoms with van der Waals surface area (Å²) in [7, 11) is 1.81. The zero-order valence-electron chi connectivity index (χ0n) is 19.2. The van der Waals surface area contributed by atoms with Crippen LogP contribution in [0.3, 0.4) is 0 Å². The molecule has 0 fully saturated rings. The van der Waals surface area contributed by atoms with Crippen molar-refractivity contribution in [3.63, 3.8) is 0 Å². The Bertz CT molecular complexity index is 1440. The van der Waals surface area contributed by atoms with Gasteiger partial charge in [0.25, 0.3) is 5.91 Å². The number of carbonyl (C=O) groups is 1. The van der Waals surface area contributed by atoms with Gasteiger partial charge in [-0.05, 0) is 72.0 Å². The van der Waals surface area contributed by atoms with Crippen LogP contribution in [0.1, 0.15) is 32.6 Å². The Labute approximate surface area is 202 Å². The van der Waals surface area contributed by atoms with Crippen LogP contribution in [0.25, 0.3) is 11.1 Å². The molecule has 2 aromatic carbocycles. The number of halogens is 2. The standard InChI is InChI=1S/C26H25ClFN5O/c1-16-9-24(28)30-14-22(16)20-10-19(15-33-7-6-32(3)26(33)29)11-21(12-20)25(34)31-13-18-4-5-23(27)17(2)8-18/h4-12,14,29H,13,15H2,1-3H3,(H,31,34). The van der Waals surface area contributed by atoms with Gasteiger partial charge in [0.15, 0.2) is 0 Å². The fourth-order valence-electron chi connectivity index (χ4n) is 3.84. The number of imidazole rings is 1. The molecule has 0 unspecified atom stereocenters. The van der Waals surface area contributed by atoms with Crippen LogP contribution in [0.4, 0.5) is 4.39 Å². The topological polar surface area (TPSA) is 75.7 Å². The van der Waals surface area contributed by atoms with Crippen LogP contribution in [-0.2, 0) is 20.1 Å². The lowest BCUT2D eigenvalue weighted by Gasteiger charge is -2.13. The molecule has 0 aliphatic carbocycles. The van der Waals surface area contributed by atoms with Crippen molar-refractivity contribution in [1.82, 2.24) is 19.4 Å². The molecule has 174 valence electrons. The molecule has 0 bridgehead atoms. The first-order valence-electron chi connectivity index (χ1n) is 10.8. The fraction of sp³-hybridized carbons (Fsp3) is 0.192. The highest BCUT2D eigenvalue weighted by molar-refractivity contribution is 6.31. The van der Waals surface area contributed by atoms with Crippen LogP contribution in [0.5, 0.6) is 0 Å². The lowest BCUT2D eigenvalue weighted by molar-refractivity contribution is 0.0951. The SMILES string of the molecule is Cc1cc(CNC(=O)c2cc(Cn3ccn(C)c3=N)cc(-c3cnc(F)cc3C)c2)ccc1Cl. The quantitative estimate of drug-likeness (QED) is 0.393. The van der Waals surface area contributed by atoms with E-state index in [1.54, 1.807) is 22.2 Å². The predicted molar refractivity (Wildman–Crippen MR) is 130 cm³/mol. The van der Waals surface area contributed by atoms with Gasteiger partial charge in [0.05, 0.1) is 6.54 Å². The van der Waals surface area contributed by atoms with Crippen molar-refractivity contribution in [3.05, 3.63) is 105 Å². The fourth-order valence-corrected chi connectivity index (χ4v) is 3.96. The summed E-state index contributed by atoms with van der Waals surface area (Å²) in [6.07, 6.45) is 5.11. The Balaban J connectivity index is 1.68. The third-order valence-electron chi connectivity index (χ3n) is 5.75. The summed E-state index contributed by atoms with van der Waals surface area (Å²) in [4.78, 5) is 16.9. The van der Waals surface area contributed by atoms with Gasteiger partial charge in [-0.3, -0.25) is 10.2 Å². The molecular formula is C26H25ClFN5O. The minimum Gasteiger partial charge on any atom is -0.348 e. The molecule has 0 radical (unpaired) electrons. The van der Waals surface area contributed by atoms with Crippen LogP contribution < -0.4 is 10.9 Å². The van der Waals surface area contributed by atoms with Crippen molar-refractivity contribution in [2.45, 2.75) is 26.9 Å². The Hall–Kier alpha value is -3.71. The first kappa shape index (κ1) is 23.4. The molecule has 0 saturated carbocycles. The highest BCUT2D eigenvalue weighted by Crippen LogP contribution is 2.26. The van der Waals surface area contributed by atoms with Gasteiger partial charge >= 0.3 is 0 Å². The van der Waals surface area contributed by atoms with E-state index in [2.05, 4.69) is 10.3 Å². The smallest absolute Gasteiger partial charge is 0.251 e. The molecule has 0 atom stereocenters. The number of hydrogen-bond acceptors (Lipinski definition) is 3.